The second-order valence-corrected chi connectivity index (χ2v) is 9.77. The van der Waals surface area contributed by atoms with Gasteiger partial charge in [0, 0.05) is 17.4 Å². The number of methoxy groups -OCH3 is 1. The van der Waals surface area contributed by atoms with Gasteiger partial charge < -0.3 is 9.15 Å². The fourth-order valence-electron chi connectivity index (χ4n) is 6.38. The van der Waals surface area contributed by atoms with Crippen LogP contribution in [0.2, 0.25) is 0 Å². The monoisotopic (exact) mass is 502 g/mol. The summed E-state index contributed by atoms with van der Waals surface area (Å²) in [5.41, 5.74) is 5.58. The summed E-state index contributed by atoms with van der Waals surface area (Å²) in [7, 11) is 1.33. The first-order chi connectivity index (χ1) is 18.6. The molecule has 0 saturated carbocycles. The Labute approximate surface area is 218 Å². The summed E-state index contributed by atoms with van der Waals surface area (Å²) < 4.78 is 10.7. The fourth-order valence-corrected chi connectivity index (χ4v) is 6.38. The molecule has 3 aliphatic carbocycles. The fraction of sp³-hybridized carbons (Fsp3) is 0.161. The van der Waals surface area contributed by atoms with Crippen LogP contribution >= 0.6 is 0 Å². The Bertz CT molecular complexity index is 1550. The maximum Gasteiger partial charge on any atom is 0.337 e. The Hall–Kier alpha value is -4.78. The van der Waals surface area contributed by atoms with Crippen molar-refractivity contribution in [3.8, 4) is 11.3 Å². The van der Waals surface area contributed by atoms with Crippen LogP contribution in [0.25, 0.3) is 11.3 Å². The van der Waals surface area contributed by atoms with Crippen molar-refractivity contribution >= 4 is 24.0 Å². The van der Waals surface area contributed by atoms with Gasteiger partial charge in [-0.2, -0.15) is 10.1 Å². The number of amides is 2. The van der Waals surface area contributed by atoms with E-state index in [-0.39, 0.29) is 23.7 Å². The van der Waals surface area contributed by atoms with Crippen molar-refractivity contribution in [2.45, 2.75) is 11.8 Å². The lowest BCUT2D eigenvalue weighted by molar-refractivity contribution is -0.139. The third-order valence-corrected chi connectivity index (χ3v) is 7.92. The molecule has 2 amide bonds. The number of hydrazone groups is 1. The second kappa shape index (κ2) is 8.38. The van der Waals surface area contributed by atoms with Crippen molar-refractivity contribution in [1.82, 2.24) is 5.01 Å². The Kier molecular flexibility index (Phi) is 4.94. The second-order valence-electron chi connectivity index (χ2n) is 9.77. The van der Waals surface area contributed by atoms with Gasteiger partial charge in [-0.15, -0.1) is 0 Å². The van der Waals surface area contributed by atoms with Crippen molar-refractivity contribution in [3.05, 3.63) is 119 Å². The van der Waals surface area contributed by atoms with E-state index in [0.717, 1.165) is 27.3 Å². The number of carbonyl (C=O) groups is 3. The molecular formula is C31H22N2O5. The zero-order valence-corrected chi connectivity index (χ0v) is 20.4. The number of carbonyl (C=O) groups excluding carboxylic acids is 3. The van der Waals surface area contributed by atoms with E-state index in [2.05, 4.69) is 29.4 Å². The van der Waals surface area contributed by atoms with Gasteiger partial charge in [-0.25, -0.2) is 4.79 Å². The van der Waals surface area contributed by atoms with Crippen LogP contribution in [0.4, 0.5) is 0 Å². The molecule has 8 rings (SSSR count). The van der Waals surface area contributed by atoms with Gasteiger partial charge >= 0.3 is 5.97 Å². The highest BCUT2D eigenvalue weighted by Gasteiger charge is 2.61. The number of hydrogen-bond donors (Lipinski definition) is 0. The zero-order chi connectivity index (χ0) is 26.0. The zero-order valence-electron chi connectivity index (χ0n) is 20.4. The first-order valence-corrected chi connectivity index (χ1v) is 12.4. The van der Waals surface area contributed by atoms with E-state index in [0.29, 0.717) is 22.6 Å². The molecule has 0 N–H and O–H groups in total. The normalized spacial score (nSPS) is 22.9. The van der Waals surface area contributed by atoms with Gasteiger partial charge in [0.1, 0.15) is 11.5 Å². The van der Waals surface area contributed by atoms with E-state index in [9.17, 15) is 14.4 Å². The van der Waals surface area contributed by atoms with Crippen LogP contribution in [-0.4, -0.2) is 36.1 Å². The predicted molar refractivity (Wildman–Crippen MR) is 138 cm³/mol. The Morgan fingerprint density at radius 2 is 1.39 bits per heavy atom. The third-order valence-electron chi connectivity index (χ3n) is 7.92. The van der Waals surface area contributed by atoms with E-state index in [4.69, 9.17) is 9.15 Å². The van der Waals surface area contributed by atoms with Crippen LogP contribution in [0.1, 0.15) is 50.2 Å². The van der Waals surface area contributed by atoms with Gasteiger partial charge in [0.05, 0.1) is 30.7 Å². The third kappa shape index (κ3) is 3.14. The largest absolute Gasteiger partial charge is 0.465 e. The summed E-state index contributed by atoms with van der Waals surface area (Å²) in [4.78, 5) is 39.2. The number of benzene rings is 3. The molecule has 1 fully saturated rings. The van der Waals surface area contributed by atoms with Gasteiger partial charge in [0.25, 0.3) is 11.8 Å². The maximum atomic E-state index is 13.7. The highest BCUT2D eigenvalue weighted by molar-refractivity contribution is 6.08. The van der Waals surface area contributed by atoms with Crippen LogP contribution in [0.15, 0.2) is 94.4 Å². The summed E-state index contributed by atoms with van der Waals surface area (Å²) in [6.45, 7) is 0. The highest BCUT2D eigenvalue weighted by Crippen LogP contribution is 2.60. The smallest absolute Gasteiger partial charge is 0.337 e. The van der Waals surface area contributed by atoms with Gasteiger partial charge in [0.15, 0.2) is 0 Å². The van der Waals surface area contributed by atoms with Crippen LogP contribution in [0.3, 0.4) is 0 Å². The standard InChI is InChI=1S/C31H22N2O5/c1-37-31(36)18-8-6-7-17(15-18)24-14-13-19(38-24)16-32-33-29(34)27-25-20-9-2-3-10-21(20)26(28(27)30(33)35)23-12-5-4-11-22(23)25/h2-16,25-28H,1H3/b32-16-/t25?,26?,27-,28-/m1/s1. The quantitative estimate of drug-likeness (QED) is 0.224. The lowest BCUT2D eigenvalue weighted by Crippen LogP contribution is -2.41. The molecule has 7 heteroatoms. The summed E-state index contributed by atoms with van der Waals surface area (Å²) in [6.07, 6.45) is 1.39. The van der Waals surface area contributed by atoms with Crippen LogP contribution in [0, 0.1) is 11.8 Å². The number of rotatable bonds is 4. The molecule has 1 aromatic heterocycles. The van der Waals surface area contributed by atoms with Crippen molar-refractivity contribution in [1.29, 1.82) is 0 Å². The highest BCUT2D eigenvalue weighted by atomic mass is 16.5. The molecule has 0 unspecified atom stereocenters. The molecule has 1 saturated heterocycles. The summed E-state index contributed by atoms with van der Waals surface area (Å²) in [5.74, 6) is -1.42. The molecule has 2 bridgehead atoms. The van der Waals surface area contributed by atoms with Gasteiger partial charge in [0.2, 0.25) is 0 Å². The van der Waals surface area contributed by atoms with E-state index in [1.165, 1.54) is 13.3 Å². The van der Waals surface area contributed by atoms with E-state index in [1.54, 1.807) is 30.3 Å². The topological polar surface area (TPSA) is 89.2 Å². The van der Waals surface area contributed by atoms with Crippen molar-refractivity contribution in [2.24, 2.45) is 16.9 Å². The van der Waals surface area contributed by atoms with Crippen LogP contribution in [-0.2, 0) is 14.3 Å². The van der Waals surface area contributed by atoms with E-state index in [1.807, 2.05) is 30.3 Å². The lowest BCUT2D eigenvalue weighted by atomic mass is 9.55. The van der Waals surface area contributed by atoms with Crippen molar-refractivity contribution in [3.63, 3.8) is 0 Å². The molecule has 0 radical (unpaired) electrons. The molecule has 2 atom stereocenters. The molecule has 7 nitrogen and oxygen atoms in total. The van der Waals surface area contributed by atoms with Crippen LogP contribution in [0.5, 0.6) is 0 Å². The summed E-state index contributed by atoms with van der Waals surface area (Å²) in [6, 6.07) is 26.6. The molecular weight excluding hydrogens is 480 g/mol. The number of furan rings is 1. The molecule has 4 aliphatic rings. The predicted octanol–water partition coefficient (Wildman–Crippen LogP) is 4.96. The van der Waals surface area contributed by atoms with Crippen molar-refractivity contribution in [2.75, 3.05) is 7.11 Å². The van der Waals surface area contributed by atoms with Crippen LogP contribution < -0.4 is 0 Å². The number of hydrogen-bond acceptors (Lipinski definition) is 6. The maximum absolute atomic E-state index is 13.7. The van der Waals surface area contributed by atoms with E-state index >= 15 is 0 Å². The molecule has 1 aliphatic heterocycles. The SMILES string of the molecule is COC(=O)c1cccc(-c2ccc(/C=N\N3C(=O)[C@@H]4C5c6ccccc6C(c6ccccc65)[C@H]4C3=O)o2)c1. The number of nitrogens with zero attached hydrogens (tertiary/aromatic N) is 2. The molecule has 4 aromatic rings. The first-order valence-electron chi connectivity index (χ1n) is 12.4. The molecule has 0 spiro atoms. The molecule has 3 aromatic carbocycles. The van der Waals surface area contributed by atoms with Gasteiger partial charge in [-0.05, 0) is 46.5 Å². The van der Waals surface area contributed by atoms with E-state index < -0.39 is 17.8 Å². The average Bonchev–Trinajstić information content (AvgIpc) is 3.54. The Morgan fingerprint density at radius 3 is 1.95 bits per heavy atom. The number of esters is 1. The summed E-state index contributed by atoms with van der Waals surface area (Å²) >= 11 is 0. The average molecular weight is 503 g/mol. The first kappa shape index (κ1) is 22.4. The van der Waals surface area contributed by atoms with Gasteiger partial charge in [-0.3, -0.25) is 9.59 Å². The molecule has 186 valence electrons. The number of ether oxygens (including phenoxy) is 1. The molecule has 2 heterocycles. The molecule has 38 heavy (non-hydrogen) atoms. The minimum Gasteiger partial charge on any atom is -0.465 e. The van der Waals surface area contributed by atoms with Crippen molar-refractivity contribution < 1.29 is 23.5 Å². The number of imide groups is 1. The lowest BCUT2D eigenvalue weighted by Gasteiger charge is -2.45. The minimum absolute atomic E-state index is 0.175. The summed E-state index contributed by atoms with van der Waals surface area (Å²) in [5, 5.41) is 5.33. The Balaban J connectivity index is 1.20. The van der Waals surface area contributed by atoms with Gasteiger partial charge in [-0.1, -0.05) is 60.7 Å². The minimum atomic E-state index is -0.484. The Morgan fingerprint density at radius 1 is 0.816 bits per heavy atom.